The molecular weight excluding hydrogens is 191 g/mol. The van der Waals surface area contributed by atoms with Gasteiger partial charge in [-0.05, 0) is 30.0 Å². The van der Waals surface area contributed by atoms with Gasteiger partial charge in [-0.15, -0.1) is 0 Å². The van der Waals surface area contributed by atoms with Gasteiger partial charge in [-0.1, -0.05) is 0 Å². The number of benzene rings is 1. The molecule has 0 aliphatic rings. The van der Waals surface area contributed by atoms with Crippen LogP contribution in [-0.2, 0) is 4.79 Å². The zero-order valence-corrected chi connectivity index (χ0v) is 8.15. The fourth-order valence-corrected chi connectivity index (χ4v) is 1.62. The van der Waals surface area contributed by atoms with Gasteiger partial charge in [-0.25, -0.2) is 4.39 Å². The molecule has 0 aliphatic carbocycles. The van der Waals surface area contributed by atoms with Gasteiger partial charge in [0.2, 0.25) is 0 Å². The van der Waals surface area contributed by atoms with Crippen molar-refractivity contribution in [3.8, 4) is 5.75 Å². The molecule has 70 valence electrons. The van der Waals surface area contributed by atoms with Crippen LogP contribution in [0.4, 0.5) is 4.39 Å². The highest BCUT2D eigenvalue weighted by Crippen LogP contribution is 2.29. The molecule has 0 saturated carbocycles. The van der Waals surface area contributed by atoms with Crippen LogP contribution in [0, 0.1) is 5.82 Å². The second kappa shape index (κ2) is 4.28. The van der Waals surface area contributed by atoms with Gasteiger partial charge in [0.25, 0.3) is 0 Å². The predicted molar refractivity (Wildman–Crippen MR) is 49.5 cm³/mol. The second-order valence-corrected chi connectivity index (χ2v) is 3.61. The van der Waals surface area contributed by atoms with Gasteiger partial charge in [0.05, 0.1) is 12.0 Å². The fourth-order valence-electron chi connectivity index (χ4n) is 0.885. The third-order valence-corrected chi connectivity index (χ3v) is 2.21. The minimum Gasteiger partial charge on any atom is -0.496 e. The zero-order chi connectivity index (χ0) is 9.84. The Kier molecular flexibility index (Phi) is 3.31. The van der Waals surface area contributed by atoms with Crippen molar-refractivity contribution in [1.82, 2.24) is 0 Å². The molecule has 1 rings (SSSR count). The zero-order valence-electron chi connectivity index (χ0n) is 7.33. The number of carbonyl (C=O) groups excluding carboxylic acids is 1. The lowest BCUT2D eigenvalue weighted by Crippen LogP contribution is -1.89. The number of hydrogen-bond acceptors (Lipinski definition) is 3. The van der Waals surface area contributed by atoms with Crippen molar-refractivity contribution in [1.29, 1.82) is 0 Å². The summed E-state index contributed by atoms with van der Waals surface area (Å²) in [5.74, 6) is 0.145. The van der Waals surface area contributed by atoms with Gasteiger partial charge in [-0.2, -0.15) is 0 Å². The normalized spacial score (nSPS) is 9.77. The second-order valence-electron chi connectivity index (χ2n) is 2.39. The van der Waals surface area contributed by atoms with Crippen molar-refractivity contribution in [3.05, 3.63) is 24.0 Å². The van der Waals surface area contributed by atoms with E-state index in [1.54, 1.807) is 0 Å². The SMILES string of the molecule is COc1ccc(F)cc1SC(C)=O. The molecule has 0 heterocycles. The maximum atomic E-state index is 12.8. The van der Waals surface area contributed by atoms with Crippen molar-refractivity contribution >= 4 is 16.9 Å². The van der Waals surface area contributed by atoms with Crippen LogP contribution < -0.4 is 4.74 Å². The molecule has 1 aromatic carbocycles. The Morgan fingerprint density at radius 3 is 2.77 bits per heavy atom. The predicted octanol–water partition coefficient (Wildman–Crippen LogP) is 2.47. The molecule has 0 bridgehead atoms. The summed E-state index contributed by atoms with van der Waals surface area (Å²) in [6.07, 6.45) is 0. The van der Waals surface area contributed by atoms with Crippen LogP contribution in [0.1, 0.15) is 6.92 Å². The van der Waals surface area contributed by atoms with Gasteiger partial charge in [0.1, 0.15) is 11.6 Å². The minimum atomic E-state index is -0.371. The van der Waals surface area contributed by atoms with Crippen molar-refractivity contribution in [3.63, 3.8) is 0 Å². The highest BCUT2D eigenvalue weighted by molar-refractivity contribution is 8.13. The molecule has 0 aliphatic heterocycles. The van der Waals surface area contributed by atoms with Gasteiger partial charge in [0, 0.05) is 6.92 Å². The van der Waals surface area contributed by atoms with Crippen LogP contribution in [0.15, 0.2) is 23.1 Å². The molecule has 0 radical (unpaired) electrons. The van der Waals surface area contributed by atoms with Gasteiger partial charge in [-0.3, -0.25) is 4.79 Å². The monoisotopic (exact) mass is 200 g/mol. The van der Waals surface area contributed by atoms with E-state index in [1.165, 1.54) is 32.2 Å². The summed E-state index contributed by atoms with van der Waals surface area (Å²) in [6.45, 7) is 1.43. The number of rotatable bonds is 2. The number of halogens is 1. The summed E-state index contributed by atoms with van der Waals surface area (Å²) in [7, 11) is 1.48. The van der Waals surface area contributed by atoms with E-state index in [0.29, 0.717) is 10.6 Å². The Bertz CT molecular complexity index is 325. The van der Waals surface area contributed by atoms with Crippen LogP contribution in [0.5, 0.6) is 5.75 Å². The summed E-state index contributed by atoms with van der Waals surface area (Å²) in [4.78, 5) is 11.3. The number of hydrogen-bond donors (Lipinski definition) is 0. The molecular formula is C9H9FO2S. The first-order valence-corrected chi connectivity index (χ1v) is 4.47. The van der Waals surface area contributed by atoms with Gasteiger partial charge in [0.15, 0.2) is 5.12 Å². The van der Waals surface area contributed by atoms with E-state index in [0.717, 1.165) is 11.8 Å². The highest BCUT2D eigenvalue weighted by Gasteiger charge is 2.07. The maximum Gasteiger partial charge on any atom is 0.190 e. The molecule has 0 unspecified atom stereocenters. The van der Waals surface area contributed by atoms with E-state index in [2.05, 4.69) is 0 Å². The van der Waals surface area contributed by atoms with Crippen LogP contribution in [0.25, 0.3) is 0 Å². The average molecular weight is 200 g/mol. The van der Waals surface area contributed by atoms with Crippen molar-refractivity contribution < 1.29 is 13.9 Å². The largest absolute Gasteiger partial charge is 0.496 e. The molecule has 0 atom stereocenters. The van der Waals surface area contributed by atoms with Crippen molar-refractivity contribution in [2.45, 2.75) is 11.8 Å². The summed E-state index contributed by atoms with van der Waals surface area (Å²) >= 11 is 0.960. The third kappa shape index (κ3) is 2.73. The molecule has 0 spiro atoms. The Morgan fingerprint density at radius 1 is 1.54 bits per heavy atom. The molecule has 2 nitrogen and oxygen atoms in total. The molecule has 4 heteroatoms. The topological polar surface area (TPSA) is 26.3 Å². The van der Waals surface area contributed by atoms with Crippen LogP contribution in [-0.4, -0.2) is 12.2 Å². The standard InChI is InChI=1S/C9H9FO2S/c1-6(11)13-9-5-7(10)3-4-8(9)12-2/h3-5H,1-2H3. The van der Waals surface area contributed by atoms with Crippen LogP contribution in [0.3, 0.4) is 0 Å². The smallest absolute Gasteiger partial charge is 0.190 e. The van der Waals surface area contributed by atoms with Gasteiger partial charge < -0.3 is 4.74 Å². The summed E-state index contributed by atoms with van der Waals surface area (Å²) in [6, 6.07) is 4.08. The molecule has 13 heavy (non-hydrogen) atoms. The number of thioether (sulfide) groups is 1. The summed E-state index contributed by atoms with van der Waals surface area (Å²) in [5, 5.41) is -0.0936. The lowest BCUT2D eigenvalue weighted by atomic mass is 10.3. The van der Waals surface area contributed by atoms with E-state index >= 15 is 0 Å². The van der Waals surface area contributed by atoms with E-state index in [4.69, 9.17) is 4.74 Å². The lowest BCUT2D eigenvalue weighted by molar-refractivity contribution is -0.109. The minimum absolute atomic E-state index is 0.0936. The average Bonchev–Trinajstić information content (AvgIpc) is 2.03. The third-order valence-electron chi connectivity index (χ3n) is 1.38. The van der Waals surface area contributed by atoms with E-state index in [1.807, 2.05) is 0 Å². The molecule has 0 fully saturated rings. The fraction of sp³-hybridized carbons (Fsp3) is 0.222. The Labute approximate surface area is 80.1 Å². The van der Waals surface area contributed by atoms with E-state index in [9.17, 15) is 9.18 Å². The number of carbonyl (C=O) groups is 1. The van der Waals surface area contributed by atoms with Gasteiger partial charge >= 0.3 is 0 Å². The molecule has 0 amide bonds. The molecule has 0 aromatic heterocycles. The summed E-state index contributed by atoms with van der Waals surface area (Å²) < 4.78 is 17.7. The Morgan fingerprint density at radius 2 is 2.23 bits per heavy atom. The first-order valence-electron chi connectivity index (χ1n) is 3.65. The van der Waals surface area contributed by atoms with Crippen molar-refractivity contribution in [2.75, 3.05) is 7.11 Å². The van der Waals surface area contributed by atoms with E-state index < -0.39 is 0 Å². The molecule has 0 saturated heterocycles. The highest BCUT2D eigenvalue weighted by atomic mass is 32.2. The Balaban J connectivity index is 3.01. The number of methoxy groups -OCH3 is 1. The lowest BCUT2D eigenvalue weighted by Gasteiger charge is -2.05. The quantitative estimate of drug-likeness (QED) is 0.686. The molecule has 0 N–H and O–H groups in total. The van der Waals surface area contributed by atoms with Crippen molar-refractivity contribution in [2.24, 2.45) is 0 Å². The van der Waals surface area contributed by atoms with E-state index in [-0.39, 0.29) is 10.9 Å². The Hall–Kier alpha value is -1.03. The van der Waals surface area contributed by atoms with Crippen LogP contribution >= 0.6 is 11.8 Å². The summed E-state index contributed by atoms with van der Waals surface area (Å²) in [5.41, 5.74) is 0. The maximum absolute atomic E-state index is 12.8. The number of ether oxygens (including phenoxy) is 1. The first-order chi connectivity index (χ1) is 6.13. The first kappa shape index (κ1) is 10.1. The molecule has 1 aromatic rings. The van der Waals surface area contributed by atoms with Crippen LogP contribution in [0.2, 0.25) is 0 Å².